The summed E-state index contributed by atoms with van der Waals surface area (Å²) >= 11 is 0. The molecular weight excluding hydrogens is 202 g/mol. The lowest BCUT2D eigenvalue weighted by Crippen LogP contribution is -2.16. The molecule has 1 atom stereocenters. The number of hydrogen-bond donors (Lipinski definition) is 2. The van der Waals surface area contributed by atoms with E-state index in [0.717, 1.165) is 17.7 Å². The number of amides is 1. The molecule has 0 aliphatic heterocycles. The summed E-state index contributed by atoms with van der Waals surface area (Å²) in [5, 5.41) is 2.85. The third kappa shape index (κ3) is 3.98. The first-order valence-electron chi connectivity index (χ1n) is 5.54. The van der Waals surface area contributed by atoms with Gasteiger partial charge in [-0.15, -0.1) is 0 Å². The number of carbonyl (C=O) groups is 1. The summed E-state index contributed by atoms with van der Waals surface area (Å²) in [5.74, 6) is 0.414. The molecule has 1 aromatic heterocycles. The summed E-state index contributed by atoms with van der Waals surface area (Å²) in [4.78, 5) is 15.6. The normalized spacial score (nSPS) is 12.2. The summed E-state index contributed by atoms with van der Waals surface area (Å²) in [6.07, 6.45) is 4.70. The molecule has 0 spiro atoms. The van der Waals surface area contributed by atoms with Crippen molar-refractivity contribution >= 4 is 11.6 Å². The van der Waals surface area contributed by atoms with Gasteiger partial charge in [-0.1, -0.05) is 6.92 Å². The van der Waals surface area contributed by atoms with E-state index in [2.05, 4.69) is 10.3 Å². The Labute approximate surface area is 96.3 Å². The molecule has 3 N–H and O–H groups in total. The Kier molecular flexibility index (Phi) is 4.92. The SMILES string of the molecule is Cc1ccncc1NC(=O)CCC(C)CN. The third-order valence-corrected chi connectivity index (χ3v) is 2.58. The molecule has 1 rings (SSSR count). The van der Waals surface area contributed by atoms with Crippen molar-refractivity contribution in [2.24, 2.45) is 11.7 Å². The van der Waals surface area contributed by atoms with Crippen LogP contribution in [0.1, 0.15) is 25.3 Å². The van der Waals surface area contributed by atoms with Crippen LogP contribution in [-0.4, -0.2) is 17.4 Å². The van der Waals surface area contributed by atoms with Gasteiger partial charge in [0, 0.05) is 12.6 Å². The average Bonchev–Trinajstić information content (AvgIpc) is 2.29. The van der Waals surface area contributed by atoms with Crippen LogP contribution >= 0.6 is 0 Å². The van der Waals surface area contributed by atoms with Crippen molar-refractivity contribution in [3.05, 3.63) is 24.0 Å². The van der Waals surface area contributed by atoms with Gasteiger partial charge in [0.2, 0.25) is 5.91 Å². The third-order valence-electron chi connectivity index (χ3n) is 2.58. The van der Waals surface area contributed by atoms with Crippen molar-refractivity contribution in [1.82, 2.24) is 4.98 Å². The molecule has 0 saturated carbocycles. The Bertz CT molecular complexity index is 352. The smallest absolute Gasteiger partial charge is 0.224 e. The van der Waals surface area contributed by atoms with Gasteiger partial charge < -0.3 is 11.1 Å². The number of nitrogens with one attached hydrogen (secondary N) is 1. The lowest BCUT2D eigenvalue weighted by Gasteiger charge is -2.09. The second-order valence-electron chi connectivity index (χ2n) is 4.12. The number of pyridine rings is 1. The number of aryl methyl sites for hydroxylation is 1. The van der Waals surface area contributed by atoms with E-state index in [4.69, 9.17) is 5.73 Å². The summed E-state index contributed by atoms with van der Waals surface area (Å²) in [5.41, 5.74) is 7.30. The zero-order valence-corrected chi connectivity index (χ0v) is 9.86. The monoisotopic (exact) mass is 221 g/mol. The van der Waals surface area contributed by atoms with E-state index >= 15 is 0 Å². The topological polar surface area (TPSA) is 68.0 Å². The Hall–Kier alpha value is -1.42. The Morgan fingerprint density at radius 2 is 2.38 bits per heavy atom. The number of anilines is 1. The quantitative estimate of drug-likeness (QED) is 0.795. The summed E-state index contributed by atoms with van der Waals surface area (Å²) in [6.45, 7) is 4.61. The number of carbonyl (C=O) groups excluding carboxylic acids is 1. The van der Waals surface area contributed by atoms with Crippen molar-refractivity contribution in [1.29, 1.82) is 0 Å². The highest BCUT2D eigenvalue weighted by atomic mass is 16.1. The predicted molar refractivity (Wildman–Crippen MR) is 65.1 cm³/mol. The molecule has 16 heavy (non-hydrogen) atoms. The van der Waals surface area contributed by atoms with Crippen molar-refractivity contribution in [3.63, 3.8) is 0 Å². The van der Waals surface area contributed by atoms with Gasteiger partial charge in [0.25, 0.3) is 0 Å². The van der Waals surface area contributed by atoms with Crippen LogP contribution in [0.25, 0.3) is 0 Å². The van der Waals surface area contributed by atoms with E-state index in [0.29, 0.717) is 18.9 Å². The van der Waals surface area contributed by atoms with Crippen LogP contribution in [0.3, 0.4) is 0 Å². The molecule has 88 valence electrons. The number of nitrogens with two attached hydrogens (primary N) is 1. The van der Waals surface area contributed by atoms with Gasteiger partial charge in [-0.05, 0) is 37.4 Å². The highest BCUT2D eigenvalue weighted by molar-refractivity contribution is 5.91. The van der Waals surface area contributed by atoms with E-state index in [1.165, 1.54) is 0 Å². The maximum Gasteiger partial charge on any atom is 0.224 e. The average molecular weight is 221 g/mol. The first kappa shape index (κ1) is 12.6. The fourth-order valence-electron chi connectivity index (χ4n) is 1.30. The summed E-state index contributed by atoms with van der Waals surface area (Å²) < 4.78 is 0. The molecular formula is C12H19N3O. The molecule has 1 heterocycles. The van der Waals surface area contributed by atoms with Crippen molar-refractivity contribution in [2.75, 3.05) is 11.9 Å². The van der Waals surface area contributed by atoms with Crippen LogP contribution in [0.15, 0.2) is 18.5 Å². The Morgan fingerprint density at radius 1 is 1.62 bits per heavy atom. The number of nitrogens with zero attached hydrogens (tertiary/aromatic N) is 1. The van der Waals surface area contributed by atoms with Crippen LogP contribution < -0.4 is 11.1 Å². The van der Waals surface area contributed by atoms with Gasteiger partial charge in [0.1, 0.15) is 0 Å². The number of aromatic nitrogens is 1. The molecule has 1 unspecified atom stereocenters. The molecule has 0 radical (unpaired) electrons. The van der Waals surface area contributed by atoms with E-state index < -0.39 is 0 Å². The highest BCUT2D eigenvalue weighted by Gasteiger charge is 2.07. The molecule has 0 bridgehead atoms. The Morgan fingerprint density at radius 3 is 3.00 bits per heavy atom. The number of rotatable bonds is 5. The first-order chi connectivity index (χ1) is 7.63. The summed E-state index contributed by atoms with van der Waals surface area (Å²) in [6, 6.07) is 1.87. The van der Waals surface area contributed by atoms with E-state index in [1.807, 2.05) is 19.9 Å². The minimum absolute atomic E-state index is 0.0244. The van der Waals surface area contributed by atoms with Crippen LogP contribution in [0.4, 0.5) is 5.69 Å². The van der Waals surface area contributed by atoms with Gasteiger partial charge in [-0.2, -0.15) is 0 Å². The zero-order chi connectivity index (χ0) is 12.0. The van der Waals surface area contributed by atoms with Gasteiger partial charge in [-0.3, -0.25) is 9.78 Å². The van der Waals surface area contributed by atoms with Gasteiger partial charge in [-0.25, -0.2) is 0 Å². The molecule has 4 nitrogen and oxygen atoms in total. The molecule has 1 aromatic rings. The van der Waals surface area contributed by atoms with E-state index in [1.54, 1.807) is 12.4 Å². The molecule has 0 fully saturated rings. The van der Waals surface area contributed by atoms with E-state index in [-0.39, 0.29) is 5.91 Å². The fraction of sp³-hybridized carbons (Fsp3) is 0.500. The predicted octanol–water partition coefficient (Wildman–Crippen LogP) is 1.70. The number of hydrogen-bond acceptors (Lipinski definition) is 3. The molecule has 0 aromatic carbocycles. The van der Waals surface area contributed by atoms with Gasteiger partial charge in [0.15, 0.2) is 0 Å². The van der Waals surface area contributed by atoms with Gasteiger partial charge >= 0.3 is 0 Å². The van der Waals surface area contributed by atoms with Crippen LogP contribution in [0, 0.1) is 12.8 Å². The van der Waals surface area contributed by atoms with E-state index in [9.17, 15) is 4.79 Å². The zero-order valence-electron chi connectivity index (χ0n) is 9.86. The minimum Gasteiger partial charge on any atom is -0.330 e. The standard InChI is InChI=1S/C12H19N3O/c1-9(7-13)3-4-12(16)15-11-8-14-6-5-10(11)2/h5-6,8-9H,3-4,7,13H2,1-2H3,(H,15,16). The van der Waals surface area contributed by atoms with Crippen molar-refractivity contribution in [2.45, 2.75) is 26.7 Å². The van der Waals surface area contributed by atoms with Crippen LogP contribution in [0.2, 0.25) is 0 Å². The molecule has 0 saturated heterocycles. The maximum atomic E-state index is 11.6. The van der Waals surface area contributed by atoms with Crippen molar-refractivity contribution < 1.29 is 4.79 Å². The molecule has 0 aliphatic rings. The second-order valence-corrected chi connectivity index (χ2v) is 4.12. The second kappa shape index (κ2) is 6.23. The summed E-state index contributed by atoms with van der Waals surface area (Å²) in [7, 11) is 0. The van der Waals surface area contributed by atoms with Gasteiger partial charge in [0.05, 0.1) is 11.9 Å². The Balaban J connectivity index is 2.43. The lowest BCUT2D eigenvalue weighted by molar-refractivity contribution is -0.116. The van der Waals surface area contributed by atoms with Crippen LogP contribution in [-0.2, 0) is 4.79 Å². The minimum atomic E-state index is 0.0244. The maximum absolute atomic E-state index is 11.6. The molecule has 4 heteroatoms. The molecule has 1 amide bonds. The lowest BCUT2D eigenvalue weighted by atomic mass is 10.1. The first-order valence-corrected chi connectivity index (χ1v) is 5.54. The highest BCUT2D eigenvalue weighted by Crippen LogP contribution is 2.12. The fourth-order valence-corrected chi connectivity index (χ4v) is 1.30. The van der Waals surface area contributed by atoms with Crippen molar-refractivity contribution in [3.8, 4) is 0 Å². The molecule has 0 aliphatic carbocycles. The largest absolute Gasteiger partial charge is 0.330 e. The van der Waals surface area contributed by atoms with Crippen LogP contribution in [0.5, 0.6) is 0 Å².